The van der Waals surface area contributed by atoms with Crippen molar-refractivity contribution in [1.29, 1.82) is 0 Å². The fraction of sp³-hybridized carbons (Fsp3) is 0.417. The molecule has 4 heteroatoms. The molecule has 0 saturated heterocycles. The van der Waals surface area contributed by atoms with Crippen LogP contribution >= 0.6 is 0 Å². The molecule has 2 rings (SSSR count). The van der Waals surface area contributed by atoms with E-state index in [9.17, 15) is 4.79 Å². The fourth-order valence-electron chi connectivity index (χ4n) is 1.92. The maximum Gasteiger partial charge on any atom is 0.254 e. The Hall–Kier alpha value is -1.71. The molecule has 0 atom stereocenters. The quantitative estimate of drug-likeness (QED) is 0.756. The highest BCUT2D eigenvalue weighted by atomic mass is 16.2. The summed E-state index contributed by atoms with van der Waals surface area (Å²) in [4.78, 5) is 14.1. The lowest BCUT2D eigenvalue weighted by Crippen LogP contribution is -2.32. The molecule has 0 heterocycles. The van der Waals surface area contributed by atoms with Gasteiger partial charge in [-0.25, -0.2) is 0 Å². The molecule has 4 N–H and O–H groups in total. The lowest BCUT2D eigenvalue weighted by molar-refractivity contribution is 0.0752. The molecule has 0 unspecified atom stereocenters. The molecule has 1 amide bonds. The Labute approximate surface area is 95.2 Å². The Morgan fingerprint density at radius 3 is 2.31 bits per heavy atom. The van der Waals surface area contributed by atoms with Crippen molar-refractivity contribution < 1.29 is 4.79 Å². The maximum atomic E-state index is 12.2. The van der Waals surface area contributed by atoms with E-state index in [0.29, 0.717) is 23.0 Å². The van der Waals surface area contributed by atoms with Crippen LogP contribution < -0.4 is 11.5 Å². The largest absolute Gasteiger partial charge is 0.399 e. The van der Waals surface area contributed by atoms with E-state index in [4.69, 9.17) is 11.5 Å². The van der Waals surface area contributed by atoms with Crippen LogP contribution in [0.4, 0.5) is 11.4 Å². The first-order valence-electron chi connectivity index (χ1n) is 5.59. The van der Waals surface area contributed by atoms with Crippen molar-refractivity contribution in [2.24, 2.45) is 0 Å². The van der Waals surface area contributed by atoms with Crippen molar-refractivity contribution in [2.45, 2.75) is 25.8 Å². The van der Waals surface area contributed by atoms with Gasteiger partial charge >= 0.3 is 0 Å². The second kappa shape index (κ2) is 4.04. The second-order valence-corrected chi connectivity index (χ2v) is 4.21. The van der Waals surface area contributed by atoms with Gasteiger partial charge in [-0.3, -0.25) is 4.79 Å². The topological polar surface area (TPSA) is 72.3 Å². The summed E-state index contributed by atoms with van der Waals surface area (Å²) in [5.74, 6) is 0.0315. The number of carbonyl (C=O) groups is 1. The molecule has 4 nitrogen and oxygen atoms in total. The maximum absolute atomic E-state index is 12.2. The lowest BCUT2D eigenvalue weighted by Gasteiger charge is -2.20. The van der Waals surface area contributed by atoms with E-state index >= 15 is 0 Å². The normalized spacial score (nSPS) is 14.8. The number of nitrogen functional groups attached to an aromatic ring is 2. The summed E-state index contributed by atoms with van der Waals surface area (Å²) >= 11 is 0. The number of nitrogens with zero attached hydrogens (tertiary/aromatic N) is 1. The Kier molecular flexibility index (Phi) is 2.73. The van der Waals surface area contributed by atoms with E-state index in [2.05, 4.69) is 0 Å². The summed E-state index contributed by atoms with van der Waals surface area (Å²) < 4.78 is 0. The van der Waals surface area contributed by atoms with Crippen molar-refractivity contribution in [3.8, 4) is 0 Å². The second-order valence-electron chi connectivity index (χ2n) is 4.21. The molecule has 1 fully saturated rings. The van der Waals surface area contributed by atoms with E-state index in [0.717, 1.165) is 19.4 Å². The summed E-state index contributed by atoms with van der Waals surface area (Å²) in [5.41, 5.74) is 13.0. The predicted molar refractivity (Wildman–Crippen MR) is 65.0 cm³/mol. The highest BCUT2D eigenvalue weighted by molar-refractivity contribution is 5.96. The molecule has 1 aromatic carbocycles. The SMILES string of the molecule is CCN(C(=O)c1cc(N)cc(N)c1)C1CC1. The predicted octanol–water partition coefficient (Wildman–Crippen LogP) is 1.48. The highest BCUT2D eigenvalue weighted by Crippen LogP contribution is 2.28. The van der Waals surface area contributed by atoms with Gasteiger partial charge in [0.15, 0.2) is 0 Å². The summed E-state index contributed by atoms with van der Waals surface area (Å²) in [6.45, 7) is 2.73. The Balaban J connectivity index is 2.24. The minimum absolute atomic E-state index is 0.0315. The van der Waals surface area contributed by atoms with E-state index < -0.39 is 0 Å². The van der Waals surface area contributed by atoms with Crippen molar-refractivity contribution in [3.05, 3.63) is 23.8 Å². The monoisotopic (exact) mass is 219 g/mol. The number of benzene rings is 1. The third-order valence-electron chi connectivity index (χ3n) is 2.81. The zero-order valence-corrected chi connectivity index (χ0v) is 9.44. The summed E-state index contributed by atoms with van der Waals surface area (Å²) in [5, 5.41) is 0. The van der Waals surface area contributed by atoms with Crippen molar-refractivity contribution in [2.75, 3.05) is 18.0 Å². The Morgan fingerprint density at radius 2 is 1.88 bits per heavy atom. The number of nitrogens with two attached hydrogens (primary N) is 2. The molecular weight excluding hydrogens is 202 g/mol. The third-order valence-corrected chi connectivity index (χ3v) is 2.81. The van der Waals surface area contributed by atoms with Gasteiger partial charge in [0.2, 0.25) is 0 Å². The molecule has 86 valence electrons. The smallest absolute Gasteiger partial charge is 0.254 e. The molecule has 0 aromatic heterocycles. The van der Waals surface area contributed by atoms with Crippen molar-refractivity contribution in [1.82, 2.24) is 4.90 Å². The van der Waals surface area contributed by atoms with Crippen LogP contribution in [0, 0.1) is 0 Å². The third kappa shape index (κ3) is 2.10. The minimum Gasteiger partial charge on any atom is -0.399 e. The van der Waals surface area contributed by atoms with Gasteiger partial charge in [0.1, 0.15) is 0 Å². The van der Waals surface area contributed by atoms with Crippen LogP contribution in [0.2, 0.25) is 0 Å². The molecule has 0 radical (unpaired) electrons. The van der Waals surface area contributed by atoms with Crippen LogP contribution in [-0.2, 0) is 0 Å². The number of rotatable bonds is 3. The zero-order chi connectivity index (χ0) is 11.7. The minimum atomic E-state index is 0.0315. The van der Waals surface area contributed by atoms with Gasteiger partial charge in [-0.05, 0) is 38.0 Å². The van der Waals surface area contributed by atoms with Crippen molar-refractivity contribution >= 4 is 17.3 Å². The van der Waals surface area contributed by atoms with Crippen molar-refractivity contribution in [3.63, 3.8) is 0 Å². The summed E-state index contributed by atoms with van der Waals surface area (Å²) in [7, 11) is 0. The molecule has 1 aliphatic rings. The molecule has 0 spiro atoms. The number of carbonyl (C=O) groups excluding carboxylic acids is 1. The first-order valence-corrected chi connectivity index (χ1v) is 5.59. The first-order chi connectivity index (χ1) is 7.61. The number of hydrogen-bond acceptors (Lipinski definition) is 3. The summed E-state index contributed by atoms with van der Waals surface area (Å²) in [6, 6.07) is 5.44. The number of amides is 1. The molecule has 16 heavy (non-hydrogen) atoms. The first kappa shape index (κ1) is 10.8. The van der Waals surface area contributed by atoms with E-state index in [1.54, 1.807) is 18.2 Å². The molecule has 1 saturated carbocycles. The standard InChI is InChI=1S/C12H17N3O/c1-2-15(11-3-4-11)12(16)8-5-9(13)7-10(14)6-8/h5-7,11H,2-4,13-14H2,1H3. The molecule has 1 aromatic rings. The van der Waals surface area contributed by atoms with Gasteiger partial charge in [0.05, 0.1) is 0 Å². The average Bonchev–Trinajstić information content (AvgIpc) is 3.01. The Morgan fingerprint density at radius 1 is 1.31 bits per heavy atom. The van der Waals surface area contributed by atoms with Crippen LogP contribution in [-0.4, -0.2) is 23.4 Å². The average molecular weight is 219 g/mol. The summed E-state index contributed by atoms with van der Waals surface area (Å²) in [6.07, 6.45) is 2.22. The van der Waals surface area contributed by atoms with Crippen LogP contribution in [0.25, 0.3) is 0 Å². The molecular formula is C12H17N3O. The molecule has 0 aliphatic heterocycles. The van der Waals surface area contributed by atoms with Gasteiger partial charge in [0, 0.05) is 29.5 Å². The van der Waals surface area contributed by atoms with Crippen LogP contribution in [0.3, 0.4) is 0 Å². The van der Waals surface area contributed by atoms with E-state index in [1.165, 1.54) is 0 Å². The van der Waals surface area contributed by atoms with E-state index in [1.807, 2.05) is 11.8 Å². The van der Waals surface area contributed by atoms with Gasteiger partial charge < -0.3 is 16.4 Å². The Bertz CT molecular complexity index is 392. The van der Waals surface area contributed by atoms with Crippen LogP contribution in [0.5, 0.6) is 0 Å². The van der Waals surface area contributed by atoms with Crippen LogP contribution in [0.1, 0.15) is 30.1 Å². The number of anilines is 2. The van der Waals surface area contributed by atoms with Gasteiger partial charge in [-0.1, -0.05) is 0 Å². The van der Waals surface area contributed by atoms with Gasteiger partial charge in [-0.15, -0.1) is 0 Å². The lowest BCUT2D eigenvalue weighted by atomic mass is 10.1. The number of hydrogen-bond donors (Lipinski definition) is 2. The zero-order valence-electron chi connectivity index (χ0n) is 9.44. The van der Waals surface area contributed by atoms with E-state index in [-0.39, 0.29) is 5.91 Å². The highest BCUT2D eigenvalue weighted by Gasteiger charge is 2.31. The van der Waals surface area contributed by atoms with Gasteiger partial charge in [0.25, 0.3) is 5.91 Å². The van der Waals surface area contributed by atoms with Crippen LogP contribution in [0.15, 0.2) is 18.2 Å². The van der Waals surface area contributed by atoms with Gasteiger partial charge in [-0.2, -0.15) is 0 Å². The molecule has 1 aliphatic carbocycles. The molecule has 0 bridgehead atoms. The fourth-order valence-corrected chi connectivity index (χ4v) is 1.92.